The van der Waals surface area contributed by atoms with Crippen molar-refractivity contribution >= 4 is 40.5 Å². The van der Waals surface area contributed by atoms with E-state index in [-0.39, 0.29) is 28.2 Å². The summed E-state index contributed by atoms with van der Waals surface area (Å²) in [6.45, 7) is 1.79. The summed E-state index contributed by atoms with van der Waals surface area (Å²) in [5.74, 6) is -0.649. The number of anilines is 2. The molecule has 0 aromatic heterocycles. The second-order valence-electron chi connectivity index (χ2n) is 8.61. The molecule has 2 N–H and O–H groups in total. The van der Waals surface area contributed by atoms with Crippen molar-refractivity contribution in [2.45, 2.75) is 51.0 Å². The van der Waals surface area contributed by atoms with E-state index in [1.54, 1.807) is 12.1 Å². The van der Waals surface area contributed by atoms with E-state index in [1.807, 2.05) is 6.07 Å². The van der Waals surface area contributed by atoms with Crippen LogP contribution in [0.1, 0.15) is 65.7 Å². The van der Waals surface area contributed by atoms with Gasteiger partial charge in [0.25, 0.3) is 17.5 Å². The van der Waals surface area contributed by atoms with Crippen molar-refractivity contribution in [3.8, 4) is 0 Å². The molecule has 8 nitrogen and oxygen atoms in total. The molecule has 0 unspecified atom stereocenters. The van der Waals surface area contributed by atoms with Crippen molar-refractivity contribution in [1.29, 1.82) is 0 Å². The van der Waals surface area contributed by atoms with Crippen molar-refractivity contribution in [1.82, 2.24) is 5.32 Å². The summed E-state index contributed by atoms with van der Waals surface area (Å²) in [5.41, 5.74) is 1.63. The van der Waals surface area contributed by atoms with Gasteiger partial charge in [0.15, 0.2) is 0 Å². The summed E-state index contributed by atoms with van der Waals surface area (Å²) in [6, 6.07) is 9.38. The van der Waals surface area contributed by atoms with E-state index in [4.69, 9.17) is 11.6 Å². The van der Waals surface area contributed by atoms with Crippen LogP contribution in [0.25, 0.3) is 0 Å². The Hall–Kier alpha value is -3.13. The third-order valence-electron chi connectivity index (χ3n) is 6.29. The fraction of sp³-hybridized carbons (Fsp3) is 0.417. The normalized spacial score (nSPS) is 16.5. The molecule has 2 aromatic carbocycles. The fourth-order valence-electron chi connectivity index (χ4n) is 4.54. The van der Waals surface area contributed by atoms with Crippen LogP contribution in [-0.2, 0) is 0 Å². The highest BCUT2D eigenvalue weighted by Crippen LogP contribution is 2.29. The highest BCUT2D eigenvalue weighted by atomic mass is 35.5. The Balaban J connectivity index is 1.57. The van der Waals surface area contributed by atoms with Gasteiger partial charge >= 0.3 is 0 Å². The maximum Gasteiger partial charge on any atom is 0.288 e. The zero-order valence-electron chi connectivity index (χ0n) is 18.3. The average molecular weight is 471 g/mol. The molecular formula is C24H27ClN4O4. The zero-order valence-corrected chi connectivity index (χ0v) is 19.1. The number of carbonyl (C=O) groups is 2. The second-order valence-corrected chi connectivity index (χ2v) is 9.02. The van der Waals surface area contributed by atoms with E-state index in [9.17, 15) is 19.7 Å². The van der Waals surface area contributed by atoms with Gasteiger partial charge in [-0.3, -0.25) is 19.7 Å². The average Bonchev–Trinajstić information content (AvgIpc) is 3.34. The van der Waals surface area contributed by atoms with Gasteiger partial charge in [0.1, 0.15) is 5.02 Å². The number of rotatable bonds is 6. The number of hydrogen-bond acceptors (Lipinski definition) is 5. The van der Waals surface area contributed by atoms with Crippen LogP contribution in [0.5, 0.6) is 0 Å². The summed E-state index contributed by atoms with van der Waals surface area (Å²) in [6.07, 6.45) is 7.57. The topological polar surface area (TPSA) is 105 Å². The van der Waals surface area contributed by atoms with Gasteiger partial charge in [-0.15, -0.1) is 0 Å². The van der Waals surface area contributed by atoms with Crippen LogP contribution in [0.2, 0.25) is 5.02 Å². The fourth-order valence-corrected chi connectivity index (χ4v) is 4.72. The first kappa shape index (κ1) is 23.0. The van der Waals surface area contributed by atoms with Gasteiger partial charge in [-0.1, -0.05) is 30.9 Å². The minimum Gasteiger partial charge on any atom is -0.371 e. The lowest BCUT2D eigenvalue weighted by atomic mass is 9.95. The van der Waals surface area contributed by atoms with Gasteiger partial charge in [0.2, 0.25) is 0 Å². The molecular weight excluding hydrogens is 444 g/mol. The summed E-state index contributed by atoms with van der Waals surface area (Å²) in [7, 11) is 0. The van der Waals surface area contributed by atoms with Crippen LogP contribution in [-0.4, -0.2) is 35.9 Å². The Bertz CT molecular complexity index is 1060. The standard InChI is InChI=1S/C24H27ClN4O4/c25-20-10-8-16(14-22(20)29(32)33)23(30)27-18-9-11-21(28-12-4-5-13-28)19(15-18)24(31)26-17-6-2-1-3-7-17/h8-11,14-15,17H,1-7,12-13H2,(H,26,31)(H,27,30). The van der Waals surface area contributed by atoms with E-state index >= 15 is 0 Å². The lowest BCUT2D eigenvalue weighted by molar-refractivity contribution is -0.384. The molecule has 33 heavy (non-hydrogen) atoms. The first-order chi connectivity index (χ1) is 15.9. The Labute approximate surface area is 197 Å². The minimum atomic E-state index is -0.627. The van der Waals surface area contributed by atoms with E-state index in [2.05, 4.69) is 15.5 Å². The molecule has 1 heterocycles. The number of nitrogens with one attached hydrogen (secondary N) is 2. The van der Waals surface area contributed by atoms with Crippen LogP contribution in [0.3, 0.4) is 0 Å². The molecule has 2 aliphatic rings. The van der Waals surface area contributed by atoms with Crippen LogP contribution in [0.15, 0.2) is 36.4 Å². The van der Waals surface area contributed by atoms with Crippen molar-refractivity contribution in [2.75, 3.05) is 23.3 Å². The predicted octanol–water partition coefficient (Wildman–Crippen LogP) is 5.16. The highest BCUT2D eigenvalue weighted by molar-refractivity contribution is 6.32. The quantitative estimate of drug-likeness (QED) is 0.448. The molecule has 9 heteroatoms. The number of hydrogen-bond donors (Lipinski definition) is 2. The molecule has 174 valence electrons. The van der Waals surface area contributed by atoms with E-state index in [1.165, 1.54) is 18.6 Å². The maximum atomic E-state index is 13.2. The van der Waals surface area contributed by atoms with Gasteiger partial charge < -0.3 is 15.5 Å². The molecule has 1 saturated heterocycles. The second kappa shape index (κ2) is 10.2. The third-order valence-corrected chi connectivity index (χ3v) is 6.61. The Morgan fingerprint density at radius 2 is 1.70 bits per heavy atom. The predicted molar refractivity (Wildman–Crippen MR) is 128 cm³/mol. The van der Waals surface area contributed by atoms with Gasteiger partial charge in [0.05, 0.1) is 10.5 Å². The SMILES string of the molecule is O=C(Nc1ccc(N2CCCC2)c(C(=O)NC2CCCCC2)c1)c1ccc(Cl)c([N+](=O)[O-])c1. The van der Waals surface area contributed by atoms with Gasteiger partial charge in [-0.2, -0.15) is 0 Å². The lowest BCUT2D eigenvalue weighted by Crippen LogP contribution is -2.37. The monoisotopic (exact) mass is 470 g/mol. The summed E-state index contributed by atoms with van der Waals surface area (Å²) in [5, 5.41) is 17.0. The Morgan fingerprint density at radius 1 is 0.970 bits per heavy atom. The van der Waals surface area contributed by atoms with Gasteiger partial charge in [0, 0.05) is 42.1 Å². The Morgan fingerprint density at radius 3 is 2.39 bits per heavy atom. The van der Waals surface area contributed by atoms with Crippen molar-refractivity contribution in [2.24, 2.45) is 0 Å². The molecule has 0 bridgehead atoms. The number of halogens is 1. The number of nitrogens with zero attached hydrogens (tertiary/aromatic N) is 2. The molecule has 2 amide bonds. The largest absolute Gasteiger partial charge is 0.371 e. The number of nitro groups is 1. The van der Waals surface area contributed by atoms with Crippen LogP contribution in [0, 0.1) is 10.1 Å². The first-order valence-electron chi connectivity index (χ1n) is 11.4. The van der Waals surface area contributed by atoms with E-state index in [0.717, 1.165) is 63.4 Å². The smallest absolute Gasteiger partial charge is 0.288 e. The molecule has 4 rings (SSSR count). The number of benzene rings is 2. The minimum absolute atomic E-state index is 0.0341. The first-order valence-corrected chi connectivity index (χ1v) is 11.8. The Kier molecular flexibility index (Phi) is 7.13. The van der Waals surface area contributed by atoms with Crippen molar-refractivity contribution in [3.05, 3.63) is 62.7 Å². The molecule has 0 radical (unpaired) electrons. The molecule has 0 spiro atoms. The van der Waals surface area contributed by atoms with Crippen LogP contribution < -0.4 is 15.5 Å². The summed E-state index contributed by atoms with van der Waals surface area (Å²) < 4.78 is 0. The number of carbonyl (C=O) groups excluding carboxylic acids is 2. The molecule has 2 fully saturated rings. The number of amides is 2. The molecule has 1 aliphatic carbocycles. The third kappa shape index (κ3) is 5.45. The molecule has 2 aromatic rings. The molecule has 1 saturated carbocycles. The van der Waals surface area contributed by atoms with Crippen molar-refractivity contribution in [3.63, 3.8) is 0 Å². The van der Waals surface area contributed by atoms with E-state index < -0.39 is 10.8 Å². The van der Waals surface area contributed by atoms with Gasteiger partial charge in [-0.25, -0.2) is 0 Å². The summed E-state index contributed by atoms with van der Waals surface area (Å²) in [4.78, 5) is 38.7. The van der Waals surface area contributed by atoms with Crippen LogP contribution >= 0.6 is 11.6 Å². The number of nitro benzene ring substituents is 1. The molecule has 1 aliphatic heterocycles. The maximum absolute atomic E-state index is 13.2. The summed E-state index contributed by atoms with van der Waals surface area (Å²) >= 11 is 5.85. The van der Waals surface area contributed by atoms with Gasteiger partial charge in [-0.05, 0) is 56.0 Å². The molecule has 0 atom stereocenters. The highest BCUT2D eigenvalue weighted by Gasteiger charge is 2.23. The zero-order chi connectivity index (χ0) is 23.4. The van der Waals surface area contributed by atoms with Crippen molar-refractivity contribution < 1.29 is 14.5 Å². The van der Waals surface area contributed by atoms with Crippen LogP contribution in [0.4, 0.5) is 17.1 Å². The van der Waals surface area contributed by atoms with E-state index in [0.29, 0.717) is 11.3 Å². The lowest BCUT2D eigenvalue weighted by Gasteiger charge is -2.25.